The van der Waals surface area contributed by atoms with Crippen LogP contribution in [0, 0.1) is 5.92 Å². The Morgan fingerprint density at radius 1 is 0.919 bits per heavy atom. The molecule has 2 atom stereocenters. The first kappa shape index (κ1) is 24.3. The number of carbonyl (C=O) groups excluding carboxylic acids is 2. The Kier molecular flexibility index (Phi) is 6.82. The Morgan fingerprint density at radius 3 is 2.43 bits per heavy atom. The van der Waals surface area contributed by atoms with Gasteiger partial charge in [-0.15, -0.1) is 0 Å². The summed E-state index contributed by atoms with van der Waals surface area (Å²) in [4.78, 5) is 40.2. The van der Waals surface area contributed by atoms with Crippen molar-refractivity contribution in [1.29, 1.82) is 0 Å². The fourth-order valence-corrected chi connectivity index (χ4v) is 6.09. The Labute approximate surface area is 217 Å². The van der Waals surface area contributed by atoms with E-state index >= 15 is 0 Å². The molecule has 1 aromatic heterocycles. The van der Waals surface area contributed by atoms with Crippen LogP contribution in [0.1, 0.15) is 53.7 Å². The second-order valence-electron chi connectivity index (χ2n) is 11.0. The summed E-state index contributed by atoms with van der Waals surface area (Å²) in [5.41, 5.74) is 3.07. The highest BCUT2D eigenvalue weighted by atomic mass is 16.3. The van der Waals surface area contributed by atoms with Crippen LogP contribution >= 0.6 is 0 Å². The molecule has 0 radical (unpaired) electrons. The molecular weight excluding hydrogens is 468 g/mol. The number of aliphatic hydroxyl groups excluding tert-OH is 1. The lowest BCUT2D eigenvalue weighted by atomic mass is 9.94. The van der Waals surface area contributed by atoms with Crippen molar-refractivity contribution in [3.05, 3.63) is 53.5 Å². The van der Waals surface area contributed by atoms with Crippen molar-refractivity contribution in [3.8, 4) is 0 Å². The Balaban J connectivity index is 1.03. The number of anilines is 1. The van der Waals surface area contributed by atoms with Gasteiger partial charge in [-0.1, -0.05) is 24.3 Å². The predicted octanol–water partition coefficient (Wildman–Crippen LogP) is 1.92. The maximum Gasteiger partial charge on any atom is 0.272 e. The minimum absolute atomic E-state index is 0.0534. The van der Waals surface area contributed by atoms with Gasteiger partial charge in [-0.2, -0.15) is 0 Å². The number of hydrogen-bond donors (Lipinski definition) is 2. The number of benzene rings is 1. The number of likely N-dealkylation sites (tertiary alicyclic amines) is 2. The molecule has 0 unspecified atom stereocenters. The standard InChI is InChI=1S/C28H36N6O3/c35-25-17-34(14-10-24(25)33-11-7-19-3-1-2-4-21(19)16-33)28(37)23-15-26(30-18-29-23)31-22-8-12-32(13-9-22)27(36)20-5-6-20/h1-4,15,18,20,22,24-25,35H,5-14,16-17H2,(H,29,30,31)/t24-,25-/m1/s1. The minimum Gasteiger partial charge on any atom is -0.390 e. The largest absolute Gasteiger partial charge is 0.390 e. The minimum atomic E-state index is -0.592. The topological polar surface area (TPSA) is 102 Å². The van der Waals surface area contributed by atoms with E-state index in [0.29, 0.717) is 30.5 Å². The van der Waals surface area contributed by atoms with E-state index in [2.05, 4.69) is 44.5 Å². The maximum atomic E-state index is 13.3. The van der Waals surface area contributed by atoms with Crippen LogP contribution in [0.15, 0.2) is 36.7 Å². The second kappa shape index (κ2) is 10.4. The zero-order valence-corrected chi connectivity index (χ0v) is 21.3. The first-order valence-corrected chi connectivity index (χ1v) is 13.7. The highest BCUT2D eigenvalue weighted by molar-refractivity contribution is 5.93. The van der Waals surface area contributed by atoms with Gasteiger partial charge in [-0.25, -0.2) is 9.97 Å². The molecule has 4 heterocycles. The fourth-order valence-electron chi connectivity index (χ4n) is 6.09. The molecule has 0 spiro atoms. The molecule has 0 bridgehead atoms. The number of carbonyl (C=O) groups is 2. The summed E-state index contributed by atoms with van der Waals surface area (Å²) in [6.07, 6.45) is 6.38. The van der Waals surface area contributed by atoms with Gasteiger partial charge < -0.3 is 20.2 Å². The monoisotopic (exact) mass is 504 g/mol. The van der Waals surface area contributed by atoms with E-state index in [9.17, 15) is 14.7 Å². The van der Waals surface area contributed by atoms with Crippen LogP contribution in [0.5, 0.6) is 0 Å². The van der Waals surface area contributed by atoms with Crippen molar-refractivity contribution in [2.45, 2.75) is 63.3 Å². The predicted molar refractivity (Wildman–Crippen MR) is 139 cm³/mol. The Hall–Kier alpha value is -3.04. The third-order valence-corrected chi connectivity index (χ3v) is 8.43. The summed E-state index contributed by atoms with van der Waals surface area (Å²) >= 11 is 0. The van der Waals surface area contributed by atoms with E-state index in [1.165, 1.54) is 17.5 Å². The summed E-state index contributed by atoms with van der Waals surface area (Å²) in [5, 5.41) is 14.4. The molecule has 4 aliphatic rings. The molecule has 2 N–H and O–H groups in total. The van der Waals surface area contributed by atoms with Crippen LogP contribution in [-0.4, -0.2) is 92.5 Å². The fraction of sp³-hybridized carbons (Fsp3) is 0.571. The molecule has 9 nitrogen and oxygen atoms in total. The van der Waals surface area contributed by atoms with Crippen LogP contribution in [0.25, 0.3) is 0 Å². The summed E-state index contributed by atoms with van der Waals surface area (Å²) in [6.45, 7) is 4.21. The molecule has 1 saturated carbocycles. The number of nitrogens with zero attached hydrogens (tertiary/aromatic N) is 5. The number of fused-ring (bicyclic) bond motifs is 1. The number of hydrogen-bond acceptors (Lipinski definition) is 7. The molecule has 9 heteroatoms. The molecule has 1 aliphatic carbocycles. The summed E-state index contributed by atoms with van der Waals surface area (Å²) < 4.78 is 0. The molecule has 37 heavy (non-hydrogen) atoms. The maximum absolute atomic E-state index is 13.3. The second-order valence-corrected chi connectivity index (χ2v) is 11.0. The van der Waals surface area contributed by atoms with E-state index < -0.39 is 6.10 Å². The van der Waals surface area contributed by atoms with Crippen LogP contribution in [0.3, 0.4) is 0 Å². The van der Waals surface area contributed by atoms with Crippen molar-refractivity contribution in [3.63, 3.8) is 0 Å². The first-order chi connectivity index (χ1) is 18.0. The van der Waals surface area contributed by atoms with Gasteiger partial charge in [0.1, 0.15) is 17.8 Å². The van der Waals surface area contributed by atoms with E-state index in [1.54, 1.807) is 11.0 Å². The number of piperidine rings is 2. The van der Waals surface area contributed by atoms with Crippen LogP contribution in [0.2, 0.25) is 0 Å². The van der Waals surface area contributed by atoms with Gasteiger partial charge in [0.2, 0.25) is 5.91 Å². The smallest absolute Gasteiger partial charge is 0.272 e. The van der Waals surface area contributed by atoms with Gasteiger partial charge in [0.05, 0.1) is 6.10 Å². The molecule has 6 rings (SSSR count). The van der Waals surface area contributed by atoms with Gasteiger partial charge in [0.25, 0.3) is 5.91 Å². The highest BCUT2D eigenvalue weighted by Crippen LogP contribution is 2.32. The third-order valence-electron chi connectivity index (χ3n) is 8.43. The quantitative estimate of drug-likeness (QED) is 0.642. The van der Waals surface area contributed by atoms with Gasteiger partial charge in [0, 0.05) is 63.3 Å². The van der Waals surface area contributed by atoms with Gasteiger partial charge in [-0.05, 0) is 49.7 Å². The Bertz CT molecular complexity index is 1150. The molecule has 2 aromatic rings. The Morgan fingerprint density at radius 2 is 1.68 bits per heavy atom. The molecule has 3 aliphatic heterocycles. The molecule has 1 aromatic carbocycles. The first-order valence-electron chi connectivity index (χ1n) is 13.7. The average molecular weight is 505 g/mol. The van der Waals surface area contributed by atoms with Crippen LogP contribution in [0.4, 0.5) is 5.82 Å². The zero-order chi connectivity index (χ0) is 25.4. The third kappa shape index (κ3) is 5.33. The lowest BCUT2D eigenvalue weighted by Gasteiger charge is -2.43. The van der Waals surface area contributed by atoms with Crippen molar-refractivity contribution in [2.24, 2.45) is 5.92 Å². The SMILES string of the molecule is O=C(c1cc(NC2CCN(C(=O)C3CC3)CC2)ncn1)N1CC[C@@H](N2CCc3ccccc3C2)[C@H](O)C1. The van der Waals surface area contributed by atoms with Gasteiger partial charge in [-0.3, -0.25) is 14.5 Å². The van der Waals surface area contributed by atoms with Crippen molar-refractivity contribution in [2.75, 3.05) is 38.0 Å². The van der Waals surface area contributed by atoms with Gasteiger partial charge >= 0.3 is 0 Å². The summed E-state index contributed by atoms with van der Waals surface area (Å²) in [5.74, 6) is 1.04. The normalized spacial score (nSPS) is 25.0. The number of aliphatic hydroxyl groups is 1. The van der Waals surface area contributed by atoms with E-state index in [1.807, 2.05) is 4.90 Å². The van der Waals surface area contributed by atoms with E-state index in [0.717, 1.165) is 64.7 Å². The number of nitrogens with one attached hydrogen (secondary N) is 1. The number of rotatable bonds is 5. The number of amides is 2. The van der Waals surface area contributed by atoms with Crippen molar-refractivity contribution < 1.29 is 14.7 Å². The van der Waals surface area contributed by atoms with Crippen molar-refractivity contribution in [1.82, 2.24) is 24.7 Å². The average Bonchev–Trinajstić information content (AvgIpc) is 3.78. The van der Waals surface area contributed by atoms with E-state index in [4.69, 9.17) is 0 Å². The molecule has 2 saturated heterocycles. The van der Waals surface area contributed by atoms with Gasteiger partial charge in [0.15, 0.2) is 0 Å². The lowest BCUT2D eigenvalue weighted by Crippen LogP contribution is -2.56. The molecule has 196 valence electrons. The van der Waals surface area contributed by atoms with Crippen LogP contribution < -0.4 is 5.32 Å². The lowest BCUT2D eigenvalue weighted by molar-refractivity contribution is -0.133. The van der Waals surface area contributed by atoms with Crippen molar-refractivity contribution >= 4 is 17.6 Å². The number of aromatic nitrogens is 2. The zero-order valence-electron chi connectivity index (χ0n) is 21.3. The molecular formula is C28H36N6O3. The molecule has 3 fully saturated rings. The van der Waals surface area contributed by atoms with Crippen LogP contribution in [-0.2, 0) is 17.8 Å². The van der Waals surface area contributed by atoms with E-state index in [-0.39, 0.29) is 23.9 Å². The summed E-state index contributed by atoms with van der Waals surface area (Å²) in [6, 6.07) is 10.5. The molecule has 2 amide bonds. The number of β-amino-alcohol motifs (C(OH)–C–C–N with tert-alkyl or cyclic N) is 1. The highest BCUT2D eigenvalue weighted by Gasteiger charge is 2.36. The summed E-state index contributed by atoms with van der Waals surface area (Å²) in [7, 11) is 0.